The smallest absolute Gasteiger partial charge is 0.343 e. The molecule has 16 nitrogen and oxygen atoms in total. The Balaban J connectivity index is 0.916. The number of hydrogen-bond donors (Lipinski definition) is 2. The van der Waals surface area contributed by atoms with Gasteiger partial charge in [-0.15, -0.1) is 0 Å². The zero-order valence-electron chi connectivity index (χ0n) is 35.4. The Hall–Kier alpha value is -5.23. The van der Waals surface area contributed by atoms with E-state index in [9.17, 15) is 19.5 Å². The van der Waals surface area contributed by atoms with E-state index in [0.29, 0.717) is 113 Å². The van der Waals surface area contributed by atoms with Gasteiger partial charge in [-0.05, 0) is 85.8 Å². The Labute approximate surface area is 355 Å². The average Bonchev–Trinajstić information content (AvgIpc) is 3.64. The summed E-state index contributed by atoms with van der Waals surface area (Å²) in [4.78, 5) is 43.9. The van der Waals surface area contributed by atoms with Crippen molar-refractivity contribution in [2.24, 2.45) is 5.10 Å². The van der Waals surface area contributed by atoms with Gasteiger partial charge in [0.15, 0.2) is 12.2 Å². The summed E-state index contributed by atoms with van der Waals surface area (Å²) < 4.78 is 45.8. The van der Waals surface area contributed by atoms with Gasteiger partial charge in [-0.3, -0.25) is 9.59 Å². The van der Waals surface area contributed by atoms with E-state index in [1.807, 2.05) is 43.3 Å². The van der Waals surface area contributed by atoms with Crippen LogP contribution < -0.4 is 20.5 Å². The minimum absolute atomic E-state index is 0.0683. The molecule has 61 heavy (non-hydrogen) atoms. The van der Waals surface area contributed by atoms with Crippen LogP contribution in [0, 0.1) is 0 Å². The molecule has 2 aliphatic heterocycles. The lowest BCUT2D eigenvalue weighted by Gasteiger charge is -2.31. The third-order valence-corrected chi connectivity index (χ3v) is 10.5. The number of aromatic nitrogens is 2. The van der Waals surface area contributed by atoms with Crippen LogP contribution in [0.5, 0.6) is 11.5 Å². The van der Waals surface area contributed by atoms with E-state index in [0.717, 1.165) is 35.1 Å². The van der Waals surface area contributed by atoms with Crippen LogP contribution in [-0.2, 0) is 63.2 Å². The number of esters is 1. The predicted octanol–water partition coefficient (Wildman–Crippen LogP) is 4.43. The van der Waals surface area contributed by atoms with Crippen molar-refractivity contribution in [1.29, 1.82) is 0 Å². The molecule has 6 rings (SSSR count). The third-order valence-electron chi connectivity index (χ3n) is 10.5. The van der Waals surface area contributed by atoms with E-state index in [-0.39, 0.29) is 36.3 Å². The van der Waals surface area contributed by atoms with Crippen LogP contribution in [0.1, 0.15) is 68.4 Å². The largest absolute Gasteiger partial charge is 0.491 e. The summed E-state index contributed by atoms with van der Waals surface area (Å²) in [7, 11) is 0. The summed E-state index contributed by atoms with van der Waals surface area (Å²) in [5.41, 5.74) is 6.04. The monoisotopic (exact) mass is 844 g/mol. The fourth-order valence-electron chi connectivity index (χ4n) is 7.16. The highest BCUT2D eigenvalue weighted by atomic mass is 16.6. The molecule has 16 heteroatoms. The summed E-state index contributed by atoms with van der Waals surface area (Å²) in [6.07, 6.45) is 1.72. The Morgan fingerprint density at radius 3 is 2.07 bits per heavy atom. The molecule has 0 unspecified atom stereocenters. The zero-order valence-corrected chi connectivity index (χ0v) is 35.4. The molecule has 2 aliphatic rings. The summed E-state index contributed by atoms with van der Waals surface area (Å²) in [6, 6.07) is 14.5. The zero-order chi connectivity index (χ0) is 43.2. The number of hydrazone groups is 1. The maximum absolute atomic E-state index is 13.6. The van der Waals surface area contributed by atoms with Crippen LogP contribution in [0.2, 0.25) is 0 Å². The molecular formula is C45H56N4O12. The van der Waals surface area contributed by atoms with Gasteiger partial charge in [-0.2, -0.15) is 5.10 Å². The quantitative estimate of drug-likeness (QED) is 0.0364. The van der Waals surface area contributed by atoms with Gasteiger partial charge in [0.1, 0.15) is 24.7 Å². The number of nitrogens with one attached hydrogen (secondary N) is 1. The maximum Gasteiger partial charge on any atom is 0.343 e. The van der Waals surface area contributed by atoms with Gasteiger partial charge in [-0.25, -0.2) is 15.2 Å². The van der Waals surface area contributed by atoms with Gasteiger partial charge in [0.25, 0.3) is 11.5 Å². The first-order chi connectivity index (χ1) is 29.7. The highest BCUT2D eigenvalue weighted by Crippen LogP contribution is 2.40. The third kappa shape index (κ3) is 11.2. The first-order valence-electron chi connectivity index (χ1n) is 20.9. The Bertz CT molecular complexity index is 2220. The number of benzene rings is 2. The van der Waals surface area contributed by atoms with Crippen LogP contribution in [0.4, 0.5) is 0 Å². The molecule has 2 aromatic carbocycles. The molecule has 4 heterocycles. The summed E-state index contributed by atoms with van der Waals surface area (Å²) in [5, 5.41) is 16.3. The SMILES string of the molecule is CCCOCCOCCOCCOCCOCCOc1ccc(/C(C)=N/NC(=O)COc2ccc3nc4c(c(CC)c3c2)Cn2c-4cc3c(c2=O)COC(=O)[C@]3(O)CC)cc1. The van der Waals surface area contributed by atoms with Gasteiger partial charge in [-0.1, -0.05) is 20.8 Å². The molecule has 0 fully saturated rings. The van der Waals surface area contributed by atoms with E-state index in [2.05, 4.69) is 17.5 Å². The van der Waals surface area contributed by atoms with Crippen molar-refractivity contribution in [2.45, 2.75) is 65.7 Å². The topological polar surface area (TPSA) is 187 Å². The molecule has 328 valence electrons. The minimum atomic E-state index is -1.90. The number of carbonyl (C=O) groups excluding carboxylic acids is 2. The Kier molecular flexibility index (Phi) is 16.4. The number of fused-ring (bicyclic) bond motifs is 5. The van der Waals surface area contributed by atoms with Crippen molar-refractivity contribution in [3.63, 3.8) is 0 Å². The van der Waals surface area contributed by atoms with Crippen LogP contribution in [0.3, 0.4) is 0 Å². The lowest BCUT2D eigenvalue weighted by atomic mass is 9.86. The number of aliphatic hydroxyl groups is 1. The molecule has 0 bridgehead atoms. The first kappa shape index (κ1) is 45.3. The van der Waals surface area contributed by atoms with Gasteiger partial charge < -0.3 is 47.6 Å². The van der Waals surface area contributed by atoms with Crippen molar-refractivity contribution in [3.05, 3.63) is 86.7 Å². The Morgan fingerprint density at radius 1 is 0.820 bits per heavy atom. The first-order valence-corrected chi connectivity index (χ1v) is 20.9. The summed E-state index contributed by atoms with van der Waals surface area (Å²) in [6.45, 7) is 13.1. The molecule has 0 aliphatic carbocycles. The van der Waals surface area contributed by atoms with Crippen molar-refractivity contribution < 1.29 is 52.6 Å². The number of nitrogens with zero attached hydrogens (tertiary/aromatic N) is 3. The lowest BCUT2D eigenvalue weighted by molar-refractivity contribution is -0.172. The van der Waals surface area contributed by atoms with E-state index in [1.165, 1.54) is 0 Å². The number of amides is 1. The second-order valence-corrected chi connectivity index (χ2v) is 14.5. The van der Waals surface area contributed by atoms with Gasteiger partial charge >= 0.3 is 5.97 Å². The fraction of sp³-hybridized carbons (Fsp3) is 0.489. The molecule has 4 aromatic rings. The minimum Gasteiger partial charge on any atom is -0.491 e. The molecule has 0 spiro atoms. The molecule has 0 saturated heterocycles. The standard InChI is InChI=1S/C45H56N4O12/c1-5-14-54-15-16-55-17-18-56-19-20-57-21-22-58-23-24-59-32-10-8-31(9-11-32)30(4)47-48-41(50)29-60-33-12-13-39-35(25-33)34(6-2)36-27-49-40(42(36)46-39)26-38-37(43(49)51)28-61-44(52)45(38,53)7-3/h8-13,25-26,53H,5-7,14-24,27-29H2,1-4H3,(H,48,50)/b47-30+/t45-/m0/s1. The van der Waals surface area contributed by atoms with E-state index in [4.69, 9.17) is 42.9 Å². The van der Waals surface area contributed by atoms with Crippen molar-refractivity contribution in [1.82, 2.24) is 15.0 Å². The molecule has 2 aromatic heterocycles. The summed E-state index contributed by atoms with van der Waals surface area (Å²) >= 11 is 0. The number of ether oxygens (including phenoxy) is 8. The van der Waals surface area contributed by atoms with E-state index in [1.54, 1.807) is 30.5 Å². The Morgan fingerprint density at radius 2 is 1.44 bits per heavy atom. The van der Waals surface area contributed by atoms with Crippen molar-refractivity contribution >= 4 is 28.5 Å². The number of hydrogen-bond acceptors (Lipinski definition) is 14. The molecule has 2 N–H and O–H groups in total. The van der Waals surface area contributed by atoms with Crippen LogP contribution in [0.15, 0.2) is 58.4 Å². The number of rotatable bonds is 25. The van der Waals surface area contributed by atoms with Gasteiger partial charge in [0, 0.05) is 23.1 Å². The lowest BCUT2D eigenvalue weighted by Crippen LogP contribution is -2.44. The number of cyclic esters (lactones) is 1. The van der Waals surface area contributed by atoms with Crippen molar-refractivity contribution in [3.8, 4) is 22.9 Å². The maximum atomic E-state index is 13.6. The second kappa shape index (κ2) is 22.0. The van der Waals surface area contributed by atoms with Crippen LogP contribution in [-0.4, -0.2) is 112 Å². The molecule has 1 atom stereocenters. The fourth-order valence-corrected chi connectivity index (χ4v) is 7.16. The normalized spacial score (nSPS) is 15.6. The molecular weight excluding hydrogens is 789 g/mol. The number of aryl methyl sites for hydroxylation is 1. The number of carbonyl (C=O) groups is 2. The van der Waals surface area contributed by atoms with E-state index < -0.39 is 17.5 Å². The highest BCUT2D eigenvalue weighted by molar-refractivity contribution is 5.99. The molecule has 0 saturated carbocycles. The average molecular weight is 845 g/mol. The van der Waals surface area contributed by atoms with Crippen LogP contribution >= 0.6 is 0 Å². The second-order valence-electron chi connectivity index (χ2n) is 14.5. The molecule has 0 radical (unpaired) electrons. The predicted molar refractivity (Wildman–Crippen MR) is 226 cm³/mol. The summed E-state index contributed by atoms with van der Waals surface area (Å²) in [5.74, 6) is -0.0358. The molecule has 1 amide bonds. The van der Waals surface area contributed by atoms with Gasteiger partial charge in [0.2, 0.25) is 0 Å². The van der Waals surface area contributed by atoms with Gasteiger partial charge in [0.05, 0.1) is 94.2 Å². The van der Waals surface area contributed by atoms with Crippen LogP contribution in [0.25, 0.3) is 22.3 Å². The highest BCUT2D eigenvalue weighted by Gasteiger charge is 2.45. The van der Waals surface area contributed by atoms with Crippen molar-refractivity contribution in [2.75, 3.05) is 79.3 Å². The van der Waals surface area contributed by atoms with E-state index >= 15 is 0 Å². The number of pyridine rings is 2.